The van der Waals surface area contributed by atoms with Crippen molar-refractivity contribution in [3.63, 3.8) is 0 Å². The number of hydrogen-bond donors (Lipinski definition) is 1. The fourth-order valence-electron chi connectivity index (χ4n) is 3.12. The molecule has 1 fully saturated rings. The van der Waals surface area contributed by atoms with E-state index in [1.807, 2.05) is 12.1 Å². The van der Waals surface area contributed by atoms with Crippen molar-refractivity contribution in [1.29, 1.82) is 0 Å². The molecule has 1 aromatic carbocycles. The van der Waals surface area contributed by atoms with Gasteiger partial charge in [-0.3, -0.25) is 0 Å². The first kappa shape index (κ1) is 16.4. The van der Waals surface area contributed by atoms with Gasteiger partial charge in [0, 0.05) is 12.6 Å². The van der Waals surface area contributed by atoms with Crippen molar-refractivity contribution in [2.24, 2.45) is 5.92 Å². The summed E-state index contributed by atoms with van der Waals surface area (Å²) in [6.45, 7) is 9.15. The van der Waals surface area contributed by atoms with Gasteiger partial charge in [-0.25, -0.2) is 4.39 Å². The molecule has 0 radical (unpaired) electrons. The predicted molar refractivity (Wildman–Crippen MR) is 87.0 cm³/mol. The second kappa shape index (κ2) is 8.50. The highest BCUT2D eigenvalue weighted by Gasteiger charge is 2.14. The molecule has 1 aliphatic rings. The van der Waals surface area contributed by atoms with Gasteiger partial charge >= 0.3 is 0 Å². The lowest BCUT2D eigenvalue weighted by atomic mass is 10.0. The Bertz CT molecular complexity index is 415. The zero-order chi connectivity index (χ0) is 15.1. The van der Waals surface area contributed by atoms with Gasteiger partial charge in [-0.15, -0.1) is 0 Å². The molecule has 0 spiro atoms. The minimum Gasteiger partial charge on any atom is -0.314 e. The monoisotopic (exact) mass is 292 g/mol. The summed E-state index contributed by atoms with van der Waals surface area (Å²) < 4.78 is 13.6. The molecule has 1 aromatic rings. The van der Waals surface area contributed by atoms with Crippen molar-refractivity contribution >= 4 is 0 Å². The minimum absolute atomic E-state index is 0.0903. The van der Waals surface area contributed by atoms with E-state index in [1.165, 1.54) is 38.9 Å². The molecule has 2 unspecified atom stereocenters. The zero-order valence-corrected chi connectivity index (χ0v) is 13.4. The predicted octanol–water partition coefficient (Wildman–Crippen LogP) is 3.47. The van der Waals surface area contributed by atoms with Crippen LogP contribution in [0.25, 0.3) is 0 Å². The maximum absolute atomic E-state index is 13.6. The van der Waals surface area contributed by atoms with Crippen molar-refractivity contribution in [2.75, 3.05) is 26.2 Å². The van der Waals surface area contributed by atoms with Gasteiger partial charge in [0.2, 0.25) is 0 Å². The number of piperidine rings is 1. The summed E-state index contributed by atoms with van der Waals surface area (Å²) in [4.78, 5) is 2.58. The van der Waals surface area contributed by atoms with E-state index in [9.17, 15) is 4.39 Å². The van der Waals surface area contributed by atoms with Gasteiger partial charge in [-0.1, -0.05) is 31.5 Å². The number of nitrogens with zero attached hydrogens (tertiary/aromatic N) is 1. The Hall–Kier alpha value is -0.930. The maximum atomic E-state index is 13.6. The molecular formula is C18H29FN2. The highest BCUT2D eigenvalue weighted by atomic mass is 19.1. The Morgan fingerprint density at radius 3 is 2.57 bits per heavy atom. The third kappa shape index (κ3) is 5.76. The van der Waals surface area contributed by atoms with Gasteiger partial charge in [0.1, 0.15) is 5.82 Å². The molecule has 0 bridgehead atoms. The molecule has 1 N–H and O–H groups in total. The van der Waals surface area contributed by atoms with E-state index in [0.29, 0.717) is 12.0 Å². The number of benzene rings is 1. The van der Waals surface area contributed by atoms with Crippen LogP contribution in [0.5, 0.6) is 0 Å². The molecule has 0 aromatic heterocycles. The first-order valence-corrected chi connectivity index (χ1v) is 8.34. The summed E-state index contributed by atoms with van der Waals surface area (Å²) in [6.07, 6.45) is 4.85. The fourth-order valence-corrected chi connectivity index (χ4v) is 3.12. The van der Waals surface area contributed by atoms with Crippen molar-refractivity contribution in [3.8, 4) is 0 Å². The summed E-state index contributed by atoms with van der Waals surface area (Å²) >= 11 is 0. The molecule has 1 aliphatic heterocycles. The summed E-state index contributed by atoms with van der Waals surface area (Å²) in [5, 5.41) is 3.55. The standard InChI is InChI=1S/C18H29FN2/c1-15(14-21-10-6-3-7-11-21)13-20-16(2)12-17-8-4-5-9-18(17)19/h4-5,8-9,15-16,20H,3,6-7,10-14H2,1-2H3. The van der Waals surface area contributed by atoms with Crippen LogP contribution in [0.3, 0.4) is 0 Å². The van der Waals surface area contributed by atoms with Crippen LogP contribution < -0.4 is 5.32 Å². The lowest BCUT2D eigenvalue weighted by molar-refractivity contribution is 0.197. The van der Waals surface area contributed by atoms with Gasteiger partial charge < -0.3 is 10.2 Å². The molecule has 0 saturated carbocycles. The van der Waals surface area contributed by atoms with Gasteiger partial charge in [-0.05, 0) is 63.4 Å². The van der Waals surface area contributed by atoms with Crippen molar-refractivity contribution in [3.05, 3.63) is 35.6 Å². The highest BCUT2D eigenvalue weighted by molar-refractivity contribution is 5.18. The van der Waals surface area contributed by atoms with Crippen LogP contribution in [0.2, 0.25) is 0 Å². The average Bonchev–Trinajstić information content (AvgIpc) is 2.49. The number of halogens is 1. The quantitative estimate of drug-likeness (QED) is 0.828. The first-order valence-electron chi connectivity index (χ1n) is 8.34. The highest BCUT2D eigenvalue weighted by Crippen LogP contribution is 2.12. The van der Waals surface area contributed by atoms with E-state index in [4.69, 9.17) is 0 Å². The first-order chi connectivity index (χ1) is 10.1. The summed E-state index contributed by atoms with van der Waals surface area (Å²) in [5.41, 5.74) is 0.807. The Labute approximate surface area is 128 Å². The third-order valence-corrected chi connectivity index (χ3v) is 4.32. The van der Waals surface area contributed by atoms with Crippen LogP contribution >= 0.6 is 0 Å². The molecule has 3 heteroatoms. The van der Waals surface area contributed by atoms with Crippen LogP contribution in [0.1, 0.15) is 38.7 Å². The fraction of sp³-hybridized carbons (Fsp3) is 0.667. The molecule has 2 atom stereocenters. The minimum atomic E-state index is -0.0903. The van der Waals surface area contributed by atoms with Gasteiger partial charge in [0.05, 0.1) is 0 Å². The zero-order valence-electron chi connectivity index (χ0n) is 13.4. The molecular weight excluding hydrogens is 263 g/mol. The summed E-state index contributed by atoms with van der Waals surface area (Å²) in [7, 11) is 0. The number of hydrogen-bond acceptors (Lipinski definition) is 2. The third-order valence-electron chi connectivity index (χ3n) is 4.32. The van der Waals surface area contributed by atoms with E-state index >= 15 is 0 Å². The number of rotatable bonds is 7. The lowest BCUT2D eigenvalue weighted by Crippen LogP contribution is -2.39. The largest absolute Gasteiger partial charge is 0.314 e. The SMILES string of the molecule is CC(CNC(C)Cc1ccccc1F)CN1CCCCC1. The van der Waals surface area contributed by atoms with Crippen molar-refractivity contribution in [2.45, 2.75) is 45.6 Å². The molecule has 2 nitrogen and oxygen atoms in total. The summed E-state index contributed by atoms with van der Waals surface area (Å²) in [6, 6.07) is 7.39. The number of nitrogens with one attached hydrogen (secondary N) is 1. The van der Waals surface area contributed by atoms with Gasteiger partial charge in [0.15, 0.2) is 0 Å². The Morgan fingerprint density at radius 1 is 1.14 bits per heavy atom. The molecule has 0 amide bonds. The van der Waals surface area contributed by atoms with Crippen LogP contribution in [-0.4, -0.2) is 37.1 Å². The number of likely N-dealkylation sites (tertiary alicyclic amines) is 1. The Morgan fingerprint density at radius 2 is 1.86 bits per heavy atom. The Balaban J connectivity index is 1.68. The molecule has 2 rings (SSSR count). The average molecular weight is 292 g/mol. The molecule has 21 heavy (non-hydrogen) atoms. The van der Waals surface area contributed by atoms with Crippen LogP contribution in [0.4, 0.5) is 4.39 Å². The van der Waals surface area contributed by atoms with Crippen LogP contribution in [-0.2, 0) is 6.42 Å². The van der Waals surface area contributed by atoms with E-state index in [-0.39, 0.29) is 5.82 Å². The van der Waals surface area contributed by atoms with Crippen LogP contribution in [0, 0.1) is 11.7 Å². The van der Waals surface area contributed by atoms with Gasteiger partial charge in [0.25, 0.3) is 0 Å². The molecule has 1 saturated heterocycles. The second-order valence-corrected chi connectivity index (χ2v) is 6.57. The van der Waals surface area contributed by atoms with E-state index in [0.717, 1.165) is 18.5 Å². The van der Waals surface area contributed by atoms with Crippen molar-refractivity contribution < 1.29 is 4.39 Å². The molecule has 118 valence electrons. The van der Waals surface area contributed by atoms with Crippen molar-refractivity contribution in [1.82, 2.24) is 10.2 Å². The lowest BCUT2D eigenvalue weighted by Gasteiger charge is -2.29. The molecule has 1 heterocycles. The van der Waals surface area contributed by atoms with Gasteiger partial charge in [-0.2, -0.15) is 0 Å². The second-order valence-electron chi connectivity index (χ2n) is 6.57. The Kier molecular flexibility index (Phi) is 6.65. The molecule has 0 aliphatic carbocycles. The van der Waals surface area contributed by atoms with E-state index in [1.54, 1.807) is 12.1 Å². The maximum Gasteiger partial charge on any atom is 0.126 e. The topological polar surface area (TPSA) is 15.3 Å². The van der Waals surface area contributed by atoms with Crippen LogP contribution in [0.15, 0.2) is 24.3 Å². The normalized spacial score (nSPS) is 19.4. The van der Waals surface area contributed by atoms with E-state index in [2.05, 4.69) is 24.1 Å². The summed E-state index contributed by atoms with van der Waals surface area (Å²) in [5.74, 6) is 0.554. The van der Waals surface area contributed by atoms with E-state index < -0.39 is 0 Å². The smallest absolute Gasteiger partial charge is 0.126 e.